The lowest BCUT2D eigenvalue weighted by molar-refractivity contribution is 0.0898. The summed E-state index contributed by atoms with van der Waals surface area (Å²) in [5.74, 6) is -0.760. The molecule has 3 rings (SSSR count). The van der Waals surface area contributed by atoms with Crippen molar-refractivity contribution in [3.8, 4) is 0 Å². The molecule has 3 unspecified atom stereocenters. The van der Waals surface area contributed by atoms with E-state index in [0.717, 1.165) is 24.6 Å². The summed E-state index contributed by atoms with van der Waals surface area (Å²) in [6, 6.07) is 3.52. The molecule has 3 atom stereocenters. The van der Waals surface area contributed by atoms with Crippen LogP contribution in [0.4, 0.5) is 8.78 Å². The minimum Gasteiger partial charge on any atom is -0.373 e. The van der Waals surface area contributed by atoms with E-state index in [2.05, 4.69) is 10.4 Å². The zero-order valence-electron chi connectivity index (χ0n) is 14.0. The quantitative estimate of drug-likeness (QED) is 0.876. The second-order valence-electron chi connectivity index (χ2n) is 6.27. The number of rotatable bonds is 6. The molecular formula is C18H23F2N3O. The third-order valence-electron chi connectivity index (χ3n) is 4.64. The molecule has 4 nitrogen and oxygen atoms in total. The Morgan fingerprint density at radius 3 is 2.96 bits per heavy atom. The number of ether oxygens (including phenoxy) is 1. The largest absolute Gasteiger partial charge is 0.373 e. The molecule has 1 N–H and O–H groups in total. The molecule has 1 saturated heterocycles. The molecule has 2 aromatic rings. The molecule has 0 radical (unpaired) electrons. The van der Waals surface area contributed by atoms with Gasteiger partial charge in [-0.15, -0.1) is 0 Å². The van der Waals surface area contributed by atoms with E-state index in [9.17, 15) is 8.78 Å². The third-order valence-corrected chi connectivity index (χ3v) is 4.64. The van der Waals surface area contributed by atoms with Gasteiger partial charge >= 0.3 is 0 Å². The Morgan fingerprint density at radius 1 is 1.42 bits per heavy atom. The number of hydrogen-bond donors (Lipinski definition) is 1. The predicted molar refractivity (Wildman–Crippen MR) is 87.5 cm³/mol. The molecule has 130 valence electrons. The average Bonchev–Trinajstić information content (AvgIpc) is 3.21. The maximum absolute atomic E-state index is 13.9. The molecule has 1 aliphatic rings. The van der Waals surface area contributed by atoms with Crippen LogP contribution in [0.3, 0.4) is 0 Å². The Hall–Kier alpha value is -1.79. The fourth-order valence-corrected chi connectivity index (χ4v) is 3.20. The Balaban J connectivity index is 1.62. The van der Waals surface area contributed by atoms with Gasteiger partial charge in [-0.05, 0) is 26.3 Å². The first-order valence-electron chi connectivity index (χ1n) is 8.40. The maximum Gasteiger partial charge on any atom is 0.130 e. The van der Waals surface area contributed by atoms with Crippen LogP contribution in [0, 0.1) is 17.6 Å². The Morgan fingerprint density at radius 2 is 2.25 bits per heavy atom. The summed E-state index contributed by atoms with van der Waals surface area (Å²) in [4.78, 5) is 0. The summed E-state index contributed by atoms with van der Waals surface area (Å²) < 4.78 is 34.7. The van der Waals surface area contributed by atoms with Crippen molar-refractivity contribution in [1.29, 1.82) is 0 Å². The molecule has 1 aliphatic heterocycles. The fourth-order valence-electron chi connectivity index (χ4n) is 3.20. The van der Waals surface area contributed by atoms with E-state index in [1.807, 2.05) is 30.9 Å². The van der Waals surface area contributed by atoms with E-state index in [4.69, 9.17) is 4.74 Å². The van der Waals surface area contributed by atoms with Gasteiger partial charge in [0.05, 0.1) is 12.3 Å². The van der Waals surface area contributed by atoms with Gasteiger partial charge in [0, 0.05) is 55.0 Å². The van der Waals surface area contributed by atoms with Crippen molar-refractivity contribution in [3.63, 3.8) is 0 Å². The van der Waals surface area contributed by atoms with Crippen molar-refractivity contribution in [2.24, 2.45) is 5.92 Å². The van der Waals surface area contributed by atoms with Gasteiger partial charge in [-0.3, -0.25) is 4.68 Å². The van der Waals surface area contributed by atoms with Crippen molar-refractivity contribution in [2.45, 2.75) is 39.0 Å². The number of nitrogens with zero attached hydrogens (tertiary/aromatic N) is 2. The van der Waals surface area contributed by atoms with Gasteiger partial charge in [0.2, 0.25) is 0 Å². The van der Waals surface area contributed by atoms with E-state index in [1.54, 1.807) is 0 Å². The topological polar surface area (TPSA) is 39.1 Å². The van der Waals surface area contributed by atoms with Crippen molar-refractivity contribution in [2.75, 3.05) is 13.2 Å². The van der Waals surface area contributed by atoms with E-state index in [0.29, 0.717) is 24.6 Å². The van der Waals surface area contributed by atoms with E-state index in [-0.39, 0.29) is 12.1 Å². The molecule has 2 heterocycles. The lowest BCUT2D eigenvalue weighted by atomic mass is 9.96. The molecule has 6 heteroatoms. The predicted octanol–water partition coefficient (Wildman–Crippen LogP) is 3.61. The average molecular weight is 335 g/mol. The molecule has 1 fully saturated rings. The summed E-state index contributed by atoms with van der Waals surface area (Å²) >= 11 is 0. The van der Waals surface area contributed by atoms with Crippen molar-refractivity contribution in [3.05, 3.63) is 53.4 Å². The highest BCUT2D eigenvalue weighted by molar-refractivity contribution is 5.21. The monoisotopic (exact) mass is 335 g/mol. The van der Waals surface area contributed by atoms with Crippen LogP contribution in [0.1, 0.15) is 43.5 Å². The van der Waals surface area contributed by atoms with E-state index < -0.39 is 11.6 Å². The van der Waals surface area contributed by atoms with Gasteiger partial charge < -0.3 is 10.1 Å². The molecule has 0 spiro atoms. The highest BCUT2D eigenvalue weighted by Gasteiger charge is 2.30. The summed E-state index contributed by atoms with van der Waals surface area (Å²) in [7, 11) is 0. The number of nitrogens with one attached hydrogen (secondary N) is 1. The summed E-state index contributed by atoms with van der Waals surface area (Å²) in [6.07, 6.45) is 4.85. The minimum atomic E-state index is -0.555. The highest BCUT2D eigenvalue weighted by atomic mass is 19.1. The molecule has 0 aliphatic carbocycles. The molecule has 1 aromatic heterocycles. The third kappa shape index (κ3) is 3.65. The normalized spacial score (nSPS) is 22.0. The van der Waals surface area contributed by atoms with Crippen LogP contribution >= 0.6 is 0 Å². The molecular weight excluding hydrogens is 312 g/mol. The zero-order valence-corrected chi connectivity index (χ0v) is 14.0. The number of hydrogen-bond acceptors (Lipinski definition) is 3. The van der Waals surface area contributed by atoms with Gasteiger partial charge in [0.25, 0.3) is 0 Å². The van der Waals surface area contributed by atoms with Crippen molar-refractivity contribution < 1.29 is 13.5 Å². The smallest absolute Gasteiger partial charge is 0.130 e. The van der Waals surface area contributed by atoms with Crippen molar-refractivity contribution in [1.82, 2.24) is 15.1 Å². The first-order valence-corrected chi connectivity index (χ1v) is 8.40. The molecule has 0 saturated carbocycles. The number of aryl methyl sites for hydroxylation is 1. The number of benzene rings is 1. The lowest BCUT2D eigenvalue weighted by Crippen LogP contribution is -2.28. The van der Waals surface area contributed by atoms with E-state index in [1.165, 1.54) is 12.1 Å². The van der Waals surface area contributed by atoms with Crippen LogP contribution in [0.25, 0.3) is 0 Å². The molecule has 0 bridgehead atoms. The van der Waals surface area contributed by atoms with Crippen molar-refractivity contribution >= 4 is 0 Å². The van der Waals surface area contributed by atoms with Crippen LogP contribution in [0.2, 0.25) is 0 Å². The van der Waals surface area contributed by atoms with Gasteiger partial charge in [-0.2, -0.15) is 5.10 Å². The van der Waals surface area contributed by atoms with Crippen LogP contribution in [-0.2, 0) is 11.3 Å². The second-order valence-corrected chi connectivity index (χ2v) is 6.27. The number of halogens is 2. The molecule has 1 aromatic carbocycles. The van der Waals surface area contributed by atoms with Crippen LogP contribution < -0.4 is 5.32 Å². The summed E-state index contributed by atoms with van der Waals surface area (Å²) in [5, 5.41) is 7.66. The van der Waals surface area contributed by atoms with Crippen LogP contribution in [0.5, 0.6) is 0 Å². The maximum atomic E-state index is 13.9. The van der Waals surface area contributed by atoms with Crippen LogP contribution in [0.15, 0.2) is 30.6 Å². The Labute approximate surface area is 140 Å². The lowest BCUT2D eigenvalue weighted by Gasteiger charge is -2.21. The summed E-state index contributed by atoms with van der Waals surface area (Å²) in [5.41, 5.74) is 1.56. The zero-order chi connectivity index (χ0) is 17.1. The van der Waals surface area contributed by atoms with Gasteiger partial charge in [0.15, 0.2) is 0 Å². The van der Waals surface area contributed by atoms with Gasteiger partial charge in [0.1, 0.15) is 11.6 Å². The molecule has 0 amide bonds. The SMILES string of the molecule is CCn1cc(C2OCCC2CNC(C)c2ccc(F)cc2F)cn1. The Bertz CT molecular complexity index is 689. The first kappa shape index (κ1) is 17.0. The standard InChI is InChI=1S/C18H23F2N3O/c1-3-23-11-14(10-22-23)18-13(6-7-24-18)9-21-12(2)16-5-4-15(19)8-17(16)20/h4-5,8,10-13,18,21H,3,6-7,9H2,1-2H3. The highest BCUT2D eigenvalue weighted by Crippen LogP contribution is 2.34. The molecule has 24 heavy (non-hydrogen) atoms. The minimum absolute atomic E-state index is 0.0167. The second kappa shape index (κ2) is 7.40. The fraction of sp³-hybridized carbons (Fsp3) is 0.500. The first-order chi connectivity index (χ1) is 11.6. The Kier molecular flexibility index (Phi) is 5.26. The van der Waals surface area contributed by atoms with Gasteiger partial charge in [-0.25, -0.2) is 8.78 Å². The number of aromatic nitrogens is 2. The van der Waals surface area contributed by atoms with Crippen LogP contribution in [-0.4, -0.2) is 22.9 Å². The van der Waals surface area contributed by atoms with Gasteiger partial charge in [-0.1, -0.05) is 6.07 Å². The summed E-state index contributed by atoms with van der Waals surface area (Å²) in [6.45, 7) is 6.19. The van der Waals surface area contributed by atoms with E-state index >= 15 is 0 Å².